The molecule has 2 aliphatic heterocycles. The van der Waals surface area contributed by atoms with Gasteiger partial charge in [0.05, 0.1) is 12.6 Å². The zero-order chi connectivity index (χ0) is 24.4. The Morgan fingerprint density at radius 3 is 2.29 bits per heavy atom. The quantitative estimate of drug-likeness (QED) is 0.542. The zero-order valence-corrected chi connectivity index (χ0v) is 20.7. The van der Waals surface area contributed by atoms with Crippen molar-refractivity contribution in [1.82, 2.24) is 14.2 Å². The number of ether oxygens (including phenoxy) is 1. The van der Waals surface area contributed by atoms with Crippen LogP contribution in [0, 0.1) is 5.92 Å². The van der Waals surface area contributed by atoms with Crippen molar-refractivity contribution in [3.05, 3.63) is 60.8 Å². The number of hydrogen-bond acceptors (Lipinski definition) is 6. The molecule has 35 heavy (non-hydrogen) atoms. The number of aromatic nitrogens is 1. The van der Waals surface area contributed by atoms with Crippen molar-refractivity contribution in [2.75, 3.05) is 51.3 Å². The van der Waals surface area contributed by atoms with Crippen LogP contribution in [0.25, 0.3) is 10.9 Å². The molecule has 8 nitrogen and oxygen atoms in total. The Morgan fingerprint density at radius 2 is 1.60 bits per heavy atom. The van der Waals surface area contributed by atoms with Gasteiger partial charge in [0.15, 0.2) is 0 Å². The van der Waals surface area contributed by atoms with E-state index in [0.29, 0.717) is 44.5 Å². The summed E-state index contributed by atoms with van der Waals surface area (Å²) in [6.45, 7) is 3.58. The molecule has 2 saturated heterocycles. The summed E-state index contributed by atoms with van der Waals surface area (Å²) in [5.74, 6) is 0.829. The van der Waals surface area contributed by atoms with E-state index in [2.05, 4.69) is 9.88 Å². The van der Waals surface area contributed by atoms with Crippen molar-refractivity contribution >= 4 is 32.5 Å². The monoisotopic (exact) mass is 494 g/mol. The second-order valence-electron chi connectivity index (χ2n) is 9.02. The summed E-state index contributed by atoms with van der Waals surface area (Å²) < 4.78 is 33.5. The molecule has 2 fully saturated rings. The smallest absolute Gasteiger partial charge is 0.245 e. The fourth-order valence-corrected chi connectivity index (χ4v) is 6.64. The molecule has 0 saturated carbocycles. The highest BCUT2D eigenvalue weighted by molar-refractivity contribution is 7.89. The van der Waals surface area contributed by atoms with Gasteiger partial charge in [0.1, 0.15) is 10.6 Å². The largest absolute Gasteiger partial charge is 0.497 e. The van der Waals surface area contributed by atoms with Crippen LogP contribution in [0.1, 0.15) is 12.8 Å². The average Bonchev–Trinajstić information content (AvgIpc) is 2.92. The predicted molar refractivity (Wildman–Crippen MR) is 135 cm³/mol. The van der Waals surface area contributed by atoms with E-state index in [1.807, 2.05) is 41.3 Å². The standard InChI is InChI=1S/C26H30N4O4S/c1-34-23-9-7-22(8-10-23)28-16-18-29(19-17-28)26(31)21-11-14-30(15-12-21)35(32,33)24-6-2-4-20-5-3-13-27-25(20)24/h2-10,13,21H,11-12,14-19H2,1H3. The molecule has 9 heteroatoms. The Hall–Kier alpha value is -3.17. The number of methoxy groups -OCH3 is 1. The molecular weight excluding hydrogens is 464 g/mol. The summed E-state index contributed by atoms with van der Waals surface area (Å²) in [6, 6.07) is 16.9. The third kappa shape index (κ3) is 4.70. The Balaban J connectivity index is 1.18. The predicted octanol–water partition coefficient (Wildman–Crippen LogP) is 2.99. The van der Waals surface area contributed by atoms with Crippen LogP contribution in [0.2, 0.25) is 0 Å². The molecule has 2 aliphatic rings. The molecule has 0 radical (unpaired) electrons. The summed E-state index contributed by atoms with van der Waals surface area (Å²) in [4.78, 5) is 21.9. The van der Waals surface area contributed by atoms with Crippen LogP contribution in [0.15, 0.2) is 65.7 Å². The first-order valence-corrected chi connectivity index (χ1v) is 13.4. The summed E-state index contributed by atoms with van der Waals surface area (Å²) in [5, 5.41) is 0.799. The number of piperazine rings is 1. The SMILES string of the molecule is COc1ccc(N2CCN(C(=O)C3CCN(S(=O)(=O)c4cccc5cccnc45)CC3)CC2)cc1. The number of sulfonamides is 1. The van der Waals surface area contributed by atoms with Gasteiger partial charge in [0.2, 0.25) is 15.9 Å². The number of carbonyl (C=O) groups excluding carboxylic acids is 1. The van der Waals surface area contributed by atoms with Gasteiger partial charge in [0.25, 0.3) is 0 Å². The van der Waals surface area contributed by atoms with Crippen LogP contribution in [-0.4, -0.2) is 74.9 Å². The van der Waals surface area contributed by atoms with Crippen LogP contribution >= 0.6 is 0 Å². The number of nitrogens with zero attached hydrogens (tertiary/aromatic N) is 4. The summed E-state index contributed by atoms with van der Waals surface area (Å²) in [6.07, 6.45) is 2.69. The maximum Gasteiger partial charge on any atom is 0.245 e. The number of benzene rings is 2. The first kappa shape index (κ1) is 23.6. The Bertz CT molecular complexity index is 1290. The van der Waals surface area contributed by atoms with Crippen molar-refractivity contribution < 1.29 is 17.9 Å². The fraction of sp³-hybridized carbons (Fsp3) is 0.385. The summed E-state index contributed by atoms with van der Waals surface area (Å²) in [5.41, 5.74) is 1.61. The molecule has 3 heterocycles. The molecule has 0 aliphatic carbocycles. The van der Waals surface area contributed by atoms with Gasteiger partial charge in [-0.1, -0.05) is 18.2 Å². The molecule has 1 amide bonds. The molecule has 0 bridgehead atoms. The van der Waals surface area contributed by atoms with Crippen molar-refractivity contribution in [3.8, 4) is 5.75 Å². The van der Waals surface area contributed by atoms with Gasteiger partial charge in [-0.05, 0) is 49.2 Å². The van der Waals surface area contributed by atoms with E-state index in [9.17, 15) is 13.2 Å². The van der Waals surface area contributed by atoms with Gasteiger partial charge in [-0.15, -0.1) is 0 Å². The van der Waals surface area contributed by atoms with Gasteiger partial charge in [-0.3, -0.25) is 9.78 Å². The molecule has 1 aromatic heterocycles. The molecule has 3 aromatic rings. The first-order valence-electron chi connectivity index (χ1n) is 12.0. The lowest BCUT2D eigenvalue weighted by Crippen LogP contribution is -2.52. The van der Waals surface area contributed by atoms with E-state index < -0.39 is 10.0 Å². The molecule has 2 aromatic carbocycles. The fourth-order valence-electron chi connectivity index (χ4n) is 5.00. The van der Waals surface area contributed by atoms with E-state index in [0.717, 1.165) is 29.9 Å². The minimum atomic E-state index is -3.68. The summed E-state index contributed by atoms with van der Waals surface area (Å²) in [7, 11) is -2.02. The molecule has 0 N–H and O–H groups in total. The number of anilines is 1. The molecule has 184 valence electrons. The Labute approximate surface area is 206 Å². The van der Waals surface area contributed by atoms with Crippen LogP contribution in [0.3, 0.4) is 0 Å². The van der Waals surface area contributed by atoms with E-state index in [1.54, 1.807) is 31.5 Å². The van der Waals surface area contributed by atoms with Crippen molar-refractivity contribution in [2.45, 2.75) is 17.7 Å². The Kier molecular flexibility index (Phi) is 6.62. The lowest BCUT2D eigenvalue weighted by Gasteiger charge is -2.39. The van der Waals surface area contributed by atoms with Crippen molar-refractivity contribution in [3.63, 3.8) is 0 Å². The van der Waals surface area contributed by atoms with Gasteiger partial charge in [-0.2, -0.15) is 4.31 Å². The first-order chi connectivity index (χ1) is 17.0. The number of fused-ring (bicyclic) bond motifs is 1. The Morgan fingerprint density at radius 1 is 0.914 bits per heavy atom. The van der Waals surface area contributed by atoms with Crippen molar-refractivity contribution in [1.29, 1.82) is 0 Å². The summed E-state index contributed by atoms with van der Waals surface area (Å²) >= 11 is 0. The van der Waals surface area contributed by atoms with Crippen molar-refractivity contribution in [2.24, 2.45) is 5.92 Å². The number of pyridine rings is 1. The highest BCUT2D eigenvalue weighted by Gasteiger charge is 2.35. The molecule has 5 rings (SSSR count). The highest BCUT2D eigenvalue weighted by atomic mass is 32.2. The van der Waals surface area contributed by atoms with Crippen LogP contribution < -0.4 is 9.64 Å². The molecular formula is C26H30N4O4S. The maximum absolute atomic E-state index is 13.4. The molecule has 0 spiro atoms. The van der Waals surface area contributed by atoms with Gasteiger partial charge in [-0.25, -0.2) is 8.42 Å². The van der Waals surface area contributed by atoms with Crippen LogP contribution in [-0.2, 0) is 14.8 Å². The number of hydrogen-bond donors (Lipinski definition) is 0. The number of rotatable bonds is 5. The normalized spacial score (nSPS) is 18.1. The molecule has 0 unspecified atom stereocenters. The minimum Gasteiger partial charge on any atom is -0.497 e. The van der Waals surface area contributed by atoms with Gasteiger partial charge >= 0.3 is 0 Å². The lowest BCUT2D eigenvalue weighted by molar-refractivity contribution is -0.137. The second kappa shape index (κ2) is 9.83. The maximum atomic E-state index is 13.4. The number of para-hydroxylation sites is 1. The zero-order valence-electron chi connectivity index (χ0n) is 19.8. The van der Waals surface area contributed by atoms with Crippen LogP contribution in [0.5, 0.6) is 5.75 Å². The number of carbonyl (C=O) groups is 1. The van der Waals surface area contributed by atoms with Gasteiger partial charge < -0.3 is 14.5 Å². The molecule has 0 atom stereocenters. The van der Waals surface area contributed by atoms with Crippen LogP contribution in [0.4, 0.5) is 5.69 Å². The van der Waals surface area contributed by atoms with E-state index in [1.165, 1.54) is 4.31 Å². The number of piperidine rings is 1. The minimum absolute atomic E-state index is 0.139. The topological polar surface area (TPSA) is 83.0 Å². The highest BCUT2D eigenvalue weighted by Crippen LogP contribution is 2.29. The number of amides is 1. The van der Waals surface area contributed by atoms with Gasteiger partial charge in [0, 0.05) is 62.5 Å². The van der Waals surface area contributed by atoms with E-state index in [4.69, 9.17) is 4.74 Å². The lowest BCUT2D eigenvalue weighted by atomic mass is 9.96. The van der Waals surface area contributed by atoms with E-state index >= 15 is 0 Å². The third-order valence-electron chi connectivity index (χ3n) is 7.05. The third-order valence-corrected chi connectivity index (χ3v) is 8.98. The average molecular weight is 495 g/mol. The van der Waals surface area contributed by atoms with E-state index in [-0.39, 0.29) is 16.7 Å². The second-order valence-corrected chi connectivity index (χ2v) is 10.9.